The molecule has 0 bridgehead atoms. The van der Waals surface area contributed by atoms with Gasteiger partial charge in [0.2, 0.25) is 0 Å². The first-order valence-electron chi connectivity index (χ1n) is 13.1. The smallest absolute Gasteiger partial charge is 0.162 e. The first-order valence-corrected chi connectivity index (χ1v) is 13.1. The van der Waals surface area contributed by atoms with Crippen molar-refractivity contribution in [2.24, 2.45) is 0 Å². The van der Waals surface area contributed by atoms with E-state index < -0.39 is 0 Å². The maximum atomic E-state index is 13.2. The molecule has 188 valence electrons. The topological polar surface area (TPSA) is 23.6 Å². The molecule has 0 N–H and O–H groups in total. The average Bonchev–Trinajstić information content (AvgIpc) is 2.96. The lowest BCUT2D eigenvalue weighted by Crippen LogP contribution is -2.56. The predicted molar refractivity (Wildman–Crippen MR) is 147 cm³/mol. The first kappa shape index (κ1) is 25.1. The Bertz CT molecular complexity index is 1170. The summed E-state index contributed by atoms with van der Waals surface area (Å²) >= 11 is 0. The number of halogens is 1. The van der Waals surface area contributed by atoms with E-state index in [-0.39, 0.29) is 17.1 Å². The molecule has 0 aromatic heterocycles. The molecule has 37 heavy (non-hydrogen) atoms. The summed E-state index contributed by atoms with van der Waals surface area (Å²) < 4.78 is 13.2. The van der Waals surface area contributed by atoms with E-state index in [1.54, 1.807) is 12.1 Å². The van der Waals surface area contributed by atoms with E-state index in [1.807, 2.05) is 0 Å². The molecule has 0 aliphatic carbocycles. The maximum absolute atomic E-state index is 13.2. The van der Waals surface area contributed by atoms with Crippen molar-refractivity contribution in [3.05, 3.63) is 143 Å². The number of carbonyl (C=O) groups excluding carboxylic acids is 1. The Hall–Kier alpha value is -3.60. The fourth-order valence-corrected chi connectivity index (χ4v) is 5.64. The fraction of sp³-hybridized carbons (Fsp3) is 0.242. The molecule has 1 aliphatic heterocycles. The third-order valence-electron chi connectivity index (χ3n) is 7.47. The average molecular weight is 493 g/mol. The SMILES string of the molecule is O=C(CCCN1CCN(C(c2ccccc2)(c2ccccc2)c2ccccc2)CC1)c1ccc(F)cc1. The Morgan fingerprint density at radius 1 is 0.649 bits per heavy atom. The van der Waals surface area contributed by atoms with Gasteiger partial charge < -0.3 is 4.90 Å². The number of benzene rings is 4. The van der Waals surface area contributed by atoms with Crippen LogP contribution in [-0.2, 0) is 5.54 Å². The fourth-order valence-electron chi connectivity index (χ4n) is 5.64. The lowest BCUT2D eigenvalue weighted by molar-refractivity contribution is 0.0714. The van der Waals surface area contributed by atoms with E-state index in [9.17, 15) is 9.18 Å². The van der Waals surface area contributed by atoms with Crippen LogP contribution < -0.4 is 0 Å². The number of piperazine rings is 1. The van der Waals surface area contributed by atoms with Gasteiger partial charge in [-0.3, -0.25) is 9.69 Å². The van der Waals surface area contributed by atoms with E-state index in [4.69, 9.17) is 0 Å². The van der Waals surface area contributed by atoms with Crippen LogP contribution in [0.5, 0.6) is 0 Å². The predicted octanol–water partition coefficient (Wildman–Crippen LogP) is 6.40. The summed E-state index contributed by atoms with van der Waals surface area (Å²) in [6, 6.07) is 38.3. The van der Waals surface area contributed by atoms with Crippen LogP contribution in [0, 0.1) is 5.82 Å². The Labute approximate surface area is 219 Å². The Balaban J connectivity index is 1.33. The molecule has 0 unspecified atom stereocenters. The van der Waals surface area contributed by atoms with Crippen LogP contribution in [0.3, 0.4) is 0 Å². The van der Waals surface area contributed by atoms with Crippen LogP contribution in [0.4, 0.5) is 4.39 Å². The van der Waals surface area contributed by atoms with Gasteiger partial charge in [0.1, 0.15) is 5.82 Å². The zero-order valence-corrected chi connectivity index (χ0v) is 21.1. The van der Waals surface area contributed by atoms with Crippen molar-refractivity contribution in [1.82, 2.24) is 9.80 Å². The van der Waals surface area contributed by atoms with Crippen molar-refractivity contribution in [3.63, 3.8) is 0 Å². The lowest BCUT2D eigenvalue weighted by atomic mass is 9.75. The van der Waals surface area contributed by atoms with Crippen LogP contribution in [0.1, 0.15) is 39.9 Å². The molecule has 4 aromatic rings. The van der Waals surface area contributed by atoms with Gasteiger partial charge >= 0.3 is 0 Å². The molecular formula is C33H33FN2O. The number of hydrogen-bond acceptors (Lipinski definition) is 3. The van der Waals surface area contributed by atoms with Gasteiger partial charge in [-0.2, -0.15) is 0 Å². The summed E-state index contributed by atoms with van der Waals surface area (Å²) in [6.45, 7) is 4.61. The van der Waals surface area contributed by atoms with E-state index in [1.165, 1.54) is 28.8 Å². The first-order chi connectivity index (χ1) is 18.2. The van der Waals surface area contributed by atoms with Crippen molar-refractivity contribution in [1.29, 1.82) is 0 Å². The van der Waals surface area contributed by atoms with Gasteiger partial charge in [-0.15, -0.1) is 0 Å². The highest BCUT2D eigenvalue weighted by Gasteiger charge is 2.42. The summed E-state index contributed by atoms with van der Waals surface area (Å²) in [7, 11) is 0. The zero-order valence-electron chi connectivity index (χ0n) is 21.1. The highest BCUT2D eigenvalue weighted by atomic mass is 19.1. The monoisotopic (exact) mass is 492 g/mol. The van der Waals surface area contributed by atoms with E-state index in [0.717, 1.165) is 39.1 Å². The van der Waals surface area contributed by atoms with Crippen molar-refractivity contribution in [2.75, 3.05) is 32.7 Å². The number of ketones is 1. The molecule has 4 heteroatoms. The molecule has 1 saturated heterocycles. The quantitative estimate of drug-likeness (QED) is 0.200. The minimum Gasteiger partial charge on any atom is -0.301 e. The maximum Gasteiger partial charge on any atom is 0.162 e. The number of carbonyl (C=O) groups is 1. The molecular weight excluding hydrogens is 459 g/mol. The van der Waals surface area contributed by atoms with Gasteiger partial charge in [0.15, 0.2) is 5.78 Å². The number of hydrogen-bond donors (Lipinski definition) is 0. The van der Waals surface area contributed by atoms with Crippen molar-refractivity contribution in [2.45, 2.75) is 18.4 Å². The molecule has 0 saturated carbocycles. The molecule has 3 nitrogen and oxygen atoms in total. The third-order valence-corrected chi connectivity index (χ3v) is 7.47. The van der Waals surface area contributed by atoms with Gasteiger partial charge in [0.05, 0.1) is 5.54 Å². The molecule has 1 fully saturated rings. The van der Waals surface area contributed by atoms with Gasteiger partial charge in [0, 0.05) is 38.2 Å². The molecule has 1 aliphatic rings. The molecule has 0 atom stereocenters. The number of Topliss-reactive ketones (excluding diaryl/α,β-unsaturated/α-hetero) is 1. The second-order valence-electron chi connectivity index (χ2n) is 9.67. The van der Waals surface area contributed by atoms with Gasteiger partial charge in [-0.25, -0.2) is 4.39 Å². The second kappa shape index (κ2) is 11.6. The normalized spacial score (nSPS) is 14.9. The van der Waals surface area contributed by atoms with Crippen LogP contribution in [0.25, 0.3) is 0 Å². The second-order valence-corrected chi connectivity index (χ2v) is 9.67. The summed E-state index contributed by atoms with van der Waals surface area (Å²) in [4.78, 5) is 17.6. The molecule has 0 spiro atoms. The largest absolute Gasteiger partial charge is 0.301 e. The highest BCUT2D eigenvalue weighted by molar-refractivity contribution is 5.95. The highest BCUT2D eigenvalue weighted by Crippen LogP contribution is 2.42. The molecule has 4 aromatic carbocycles. The Morgan fingerprint density at radius 3 is 1.57 bits per heavy atom. The summed E-state index contributed by atoms with van der Waals surface area (Å²) in [5.74, 6) is -0.234. The minimum absolute atomic E-state index is 0.0786. The van der Waals surface area contributed by atoms with Crippen molar-refractivity contribution >= 4 is 5.78 Å². The zero-order chi connectivity index (χ0) is 25.5. The minimum atomic E-state index is -0.381. The van der Waals surface area contributed by atoms with Crippen LogP contribution in [-0.4, -0.2) is 48.3 Å². The lowest BCUT2D eigenvalue weighted by Gasteiger charge is -2.49. The van der Waals surface area contributed by atoms with Gasteiger partial charge in [0.25, 0.3) is 0 Å². The molecule has 0 amide bonds. The van der Waals surface area contributed by atoms with Gasteiger partial charge in [-0.05, 0) is 53.9 Å². The van der Waals surface area contributed by atoms with Crippen molar-refractivity contribution < 1.29 is 9.18 Å². The molecule has 5 rings (SSSR count). The Morgan fingerprint density at radius 2 is 1.11 bits per heavy atom. The van der Waals surface area contributed by atoms with Crippen LogP contribution >= 0.6 is 0 Å². The van der Waals surface area contributed by atoms with Crippen LogP contribution in [0.15, 0.2) is 115 Å². The third kappa shape index (κ3) is 5.41. The van der Waals surface area contributed by atoms with E-state index >= 15 is 0 Å². The summed E-state index contributed by atoms with van der Waals surface area (Å²) in [6.07, 6.45) is 1.28. The van der Waals surface area contributed by atoms with Crippen molar-refractivity contribution in [3.8, 4) is 0 Å². The summed E-state index contributed by atoms with van der Waals surface area (Å²) in [5.41, 5.74) is 4.01. The van der Waals surface area contributed by atoms with E-state index in [0.29, 0.717) is 12.0 Å². The van der Waals surface area contributed by atoms with Crippen LogP contribution in [0.2, 0.25) is 0 Å². The Kier molecular flexibility index (Phi) is 7.88. The number of rotatable bonds is 9. The van der Waals surface area contributed by atoms with Gasteiger partial charge in [-0.1, -0.05) is 91.0 Å². The standard InChI is InChI=1S/C33H33FN2O/c34-31-20-18-27(19-21-31)32(37)17-10-22-35-23-25-36(26-24-35)33(28-11-4-1-5-12-28,29-13-6-2-7-14-29)30-15-8-3-9-16-30/h1-9,11-16,18-21H,10,17,22-26H2. The number of nitrogens with zero attached hydrogens (tertiary/aromatic N) is 2. The molecule has 1 heterocycles. The van der Waals surface area contributed by atoms with E-state index in [2.05, 4.69) is 101 Å². The summed E-state index contributed by atoms with van der Waals surface area (Å²) in [5, 5.41) is 0. The molecule has 0 radical (unpaired) electrons.